The van der Waals surface area contributed by atoms with Crippen LogP contribution in [0, 0.1) is 32.8 Å². The lowest BCUT2D eigenvalue weighted by molar-refractivity contribution is -0.384. The molecule has 6 heteroatoms. The number of hydrogen-bond donors (Lipinski definition) is 1. The third-order valence-electron chi connectivity index (χ3n) is 3.95. The van der Waals surface area contributed by atoms with Crippen molar-refractivity contribution in [3.05, 3.63) is 69.8 Å². The number of nitriles is 2. The average molecular weight is 350 g/mol. The van der Waals surface area contributed by atoms with Gasteiger partial charge in [-0.25, -0.2) is 0 Å². The maximum absolute atomic E-state index is 10.5. The van der Waals surface area contributed by atoms with Gasteiger partial charge in [0.05, 0.1) is 27.9 Å². The summed E-state index contributed by atoms with van der Waals surface area (Å²) in [6.45, 7) is 7.21. The van der Waals surface area contributed by atoms with E-state index in [-0.39, 0.29) is 5.69 Å². The summed E-state index contributed by atoms with van der Waals surface area (Å²) in [4.78, 5) is 10.0. The highest BCUT2D eigenvalue weighted by Crippen LogP contribution is 2.25. The number of nitro groups is 1. The predicted molar refractivity (Wildman–Crippen MR) is 101 cm³/mol. The Kier molecular flexibility index (Phi) is 6.46. The fraction of sp³-hybridized carbons (Fsp3) is 0.300. The molecule has 0 atom stereocenters. The molecule has 0 heterocycles. The van der Waals surface area contributed by atoms with Crippen LogP contribution in [0.15, 0.2) is 48.5 Å². The Bertz CT molecular complexity index is 874. The molecule has 0 saturated heterocycles. The van der Waals surface area contributed by atoms with Crippen LogP contribution >= 0.6 is 0 Å². The maximum Gasteiger partial charge on any atom is 0.269 e. The van der Waals surface area contributed by atoms with Crippen LogP contribution in [0.4, 0.5) is 11.4 Å². The monoisotopic (exact) mass is 350 g/mol. The number of benzene rings is 2. The minimum Gasteiger partial charge on any atom is -0.399 e. The normalized spacial score (nSPS) is 10.7. The fourth-order valence-electron chi connectivity index (χ4n) is 2.06. The molecule has 134 valence electrons. The van der Waals surface area contributed by atoms with Crippen LogP contribution < -0.4 is 5.73 Å². The van der Waals surface area contributed by atoms with Gasteiger partial charge in [0.2, 0.25) is 0 Å². The van der Waals surface area contributed by atoms with E-state index >= 15 is 0 Å². The first-order chi connectivity index (χ1) is 12.0. The lowest BCUT2D eigenvalue weighted by Gasteiger charge is -2.15. The van der Waals surface area contributed by atoms with Gasteiger partial charge >= 0.3 is 0 Å². The number of nitrogens with two attached hydrogens (primary N) is 1. The molecule has 2 N–H and O–H groups in total. The van der Waals surface area contributed by atoms with Crippen molar-refractivity contribution >= 4 is 11.4 Å². The van der Waals surface area contributed by atoms with Crippen molar-refractivity contribution < 1.29 is 4.92 Å². The van der Waals surface area contributed by atoms with Crippen molar-refractivity contribution in [1.29, 1.82) is 10.5 Å². The van der Waals surface area contributed by atoms with Crippen LogP contribution in [0.5, 0.6) is 0 Å². The van der Waals surface area contributed by atoms with Gasteiger partial charge in [-0.2, -0.15) is 10.5 Å². The zero-order valence-electron chi connectivity index (χ0n) is 15.4. The smallest absolute Gasteiger partial charge is 0.269 e. The summed E-state index contributed by atoms with van der Waals surface area (Å²) in [5.74, 6) is 0. The largest absolute Gasteiger partial charge is 0.399 e. The summed E-state index contributed by atoms with van der Waals surface area (Å²) >= 11 is 0. The molecule has 6 nitrogen and oxygen atoms in total. The van der Waals surface area contributed by atoms with Crippen LogP contribution in [0.2, 0.25) is 0 Å². The molecule has 0 bridgehead atoms. The van der Waals surface area contributed by atoms with Crippen LogP contribution in [0.1, 0.15) is 38.8 Å². The van der Waals surface area contributed by atoms with Gasteiger partial charge in [0.15, 0.2) is 0 Å². The molecular weight excluding hydrogens is 328 g/mol. The van der Waals surface area contributed by atoms with Crippen molar-refractivity contribution in [1.82, 2.24) is 0 Å². The molecule has 0 fully saturated rings. The van der Waals surface area contributed by atoms with E-state index in [0.717, 1.165) is 5.56 Å². The molecule has 0 aromatic heterocycles. The second-order valence-electron chi connectivity index (χ2n) is 6.91. The Morgan fingerprint density at radius 2 is 1.38 bits per heavy atom. The molecule has 0 spiro atoms. The third kappa shape index (κ3) is 5.32. The Balaban J connectivity index is 0.000000263. The second-order valence-corrected chi connectivity index (χ2v) is 6.91. The van der Waals surface area contributed by atoms with Gasteiger partial charge in [-0.15, -0.1) is 0 Å². The molecule has 26 heavy (non-hydrogen) atoms. The summed E-state index contributed by atoms with van der Waals surface area (Å²) < 4.78 is 0. The first-order valence-corrected chi connectivity index (χ1v) is 7.97. The standard InChI is InChI=1S/C10H10N2O2.C10H12N2/c1-10(2,7-11)8-4-3-5-9(6-8)12(13)14;1-10(2,7-11)8-4-3-5-9(12)6-8/h3-6H,1-2H3;3-6H,12H2,1-2H3. The number of nitrogen functional groups attached to an aromatic ring is 1. The summed E-state index contributed by atoms with van der Waals surface area (Å²) in [7, 11) is 0. The third-order valence-corrected chi connectivity index (χ3v) is 3.95. The van der Waals surface area contributed by atoms with E-state index < -0.39 is 15.8 Å². The van der Waals surface area contributed by atoms with E-state index in [0.29, 0.717) is 11.3 Å². The van der Waals surface area contributed by atoms with Gasteiger partial charge in [-0.3, -0.25) is 10.1 Å². The highest BCUT2D eigenvalue weighted by Gasteiger charge is 2.21. The molecule has 0 unspecified atom stereocenters. The lowest BCUT2D eigenvalue weighted by atomic mass is 9.86. The molecule has 2 rings (SSSR count). The maximum atomic E-state index is 10.5. The molecule has 2 aromatic rings. The lowest BCUT2D eigenvalue weighted by Crippen LogP contribution is -2.13. The number of nitro benzene ring substituents is 1. The minimum absolute atomic E-state index is 0.0193. The quantitative estimate of drug-likeness (QED) is 0.498. The number of non-ortho nitro benzene ring substituents is 1. The molecule has 2 aromatic carbocycles. The van der Waals surface area contributed by atoms with Crippen LogP contribution in [0.25, 0.3) is 0 Å². The fourth-order valence-corrected chi connectivity index (χ4v) is 2.06. The van der Waals surface area contributed by atoms with Crippen molar-refractivity contribution in [2.24, 2.45) is 0 Å². The summed E-state index contributed by atoms with van der Waals surface area (Å²) in [6, 6.07) is 17.9. The van der Waals surface area contributed by atoms with E-state index in [2.05, 4.69) is 12.1 Å². The zero-order chi connectivity index (χ0) is 20.0. The Morgan fingerprint density at radius 1 is 0.923 bits per heavy atom. The van der Waals surface area contributed by atoms with Gasteiger partial charge in [-0.1, -0.05) is 24.3 Å². The Morgan fingerprint density at radius 3 is 1.81 bits per heavy atom. The molecule has 0 radical (unpaired) electrons. The molecule has 0 saturated carbocycles. The molecule has 0 aliphatic rings. The highest BCUT2D eigenvalue weighted by molar-refractivity contribution is 5.44. The van der Waals surface area contributed by atoms with Crippen molar-refractivity contribution in [2.75, 3.05) is 5.73 Å². The summed E-state index contributed by atoms with van der Waals surface area (Å²) in [5.41, 5.74) is 6.81. The van der Waals surface area contributed by atoms with E-state index in [9.17, 15) is 10.1 Å². The van der Waals surface area contributed by atoms with Gasteiger partial charge in [0.1, 0.15) is 0 Å². The van der Waals surface area contributed by atoms with Gasteiger partial charge in [0, 0.05) is 17.8 Å². The van der Waals surface area contributed by atoms with Crippen molar-refractivity contribution in [3.63, 3.8) is 0 Å². The first-order valence-electron chi connectivity index (χ1n) is 7.97. The minimum atomic E-state index is -0.688. The number of rotatable bonds is 3. The van der Waals surface area contributed by atoms with Crippen LogP contribution in [-0.4, -0.2) is 4.92 Å². The number of hydrogen-bond acceptors (Lipinski definition) is 5. The average Bonchev–Trinajstić information content (AvgIpc) is 2.62. The summed E-state index contributed by atoms with van der Waals surface area (Å²) in [5, 5.41) is 28.2. The van der Waals surface area contributed by atoms with E-state index in [1.165, 1.54) is 12.1 Å². The summed E-state index contributed by atoms with van der Waals surface area (Å²) in [6.07, 6.45) is 0. The molecule has 0 amide bonds. The van der Waals surface area contributed by atoms with Gasteiger partial charge in [0.25, 0.3) is 5.69 Å². The SMILES string of the molecule is CC(C)(C#N)c1cccc(N)c1.CC(C)(C#N)c1cccc([N+](=O)[O-])c1. The van der Waals surface area contributed by atoms with E-state index in [1.54, 1.807) is 26.0 Å². The topological polar surface area (TPSA) is 117 Å². The molecule has 0 aliphatic carbocycles. The molecular formula is C20H22N4O2. The second kappa shape index (κ2) is 8.13. The Hall–Kier alpha value is -3.38. The van der Waals surface area contributed by atoms with Crippen molar-refractivity contribution in [3.8, 4) is 12.1 Å². The highest BCUT2D eigenvalue weighted by atomic mass is 16.6. The van der Waals surface area contributed by atoms with E-state index in [1.807, 2.05) is 38.1 Å². The van der Waals surface area contributed by atoms with E-state index in [4.69, 9.17) is 16.3 Å². The van der Waals surface area contributed by atoms with Crippen molar-refractivity contribution in [2.45, 2.75) is 38.5 Å². The number of anilines is 1. The van der Waals surface area contributed by atoms with Gasteiger partial charge < -0.3 is 5.73 Å². The first kappa shape index (κ1) is 20.7. The van der Waals surface area contributed by atoms with Crippen LogP contribution in [-0.2, 0) is 10.8 Å². The number of nitrogens with zero attached hydrogens (tertiary/aromatic N) is 3. The Labute approximate surface area is 153 Å². The van der Waals surface area contributed by atoms with Crippen LogP contribution in [0.3, 0.4) is 0 Å². The predicted octanol–water partition coefficient (Wildman–Crippen LogP) is 4.47. The zero-order valence-corrected chi connectivity index (χ0v) is 15.4. The van der Waals surface area contributed by atoms with Gasteiger partial charge in [-0.05, 0) is 51.0 Å². The molecule has 0 aliphatic heterocycles.